The Hall–Kier alpha value is -4.22. The van der Waals surface area contributed by atoms with Gasteiger partial charge in [-0.3, -0.25) is 9.88 Å². The van der Waals surface area contributed by atoms with Gasteiger partial charge in [-0.2, -0.15) is 0 Å². The minimum Gasteiger partial charge on any atom is -0.495 e. The smallest absolute Gasteiger partial charge is 0.417 e. The fourth-order valence-electron chi connectivity index (χ4n) is 4.00. The van der Waals surface area contributed by atoms with Gasteiger partial charge in [-0.15, -0.1) is 11.3 Å². The van der Waals surface area contributed by atoms with E-state index in [-0.39, 0.29) is 6.61 Å². The standard InChI is InChI=1S/C26H20ClN5O5S/c1-13-28-9-16(10-29-13)32(2)26(33)37-21-12-35-23-20(36-21)5-4-19-24(23)38-25(31-19)18-8-15(27)6-14-7-17(34-3)11-30-22(14)18/h4-11,21H,12H2,1-3H3/t21-/m1/s1. The maximum Gasteiger partial charge on any atom is 0.417 e. The summed E-state index contributed by atoms with van der Waals surface area (Å²) in [6.45, 7) is 1.78. The maximum absolute atomic E-state index is 12.6. The zero-order chi connectivity index (χ0) is 26.4. The van der Waals surface area contributed by atoms with Crippen LogP contribution in [0.25, 0.3) is 31.7 Å². The molecule has 0 bridgehead atoms. The van der Waals surface area contributed by atoms with Gasteiger partial charge in [-0.05, 0) is 37.3 Å². The highest BCUT2D eigenvalue weighted by Crippen LogP contribution is 2.45. The van der Waals surface area contributed by atoms with E-state index in [4.69, 9.17) is 35.5 Å². The van der Waals surface area contributed by atoms with Gasteiger partial charge in [0.25, 0.3) is 6.29 Å². The summed E-state index contributed by atoms with van der Waals surface area (Å²) in [5.74, 6) is 2.24. The third-order valence-corrected chi connectivity index (χ3v) is 7.27. The predicted molar refractivity (Wildman–Crippen MR) is 143 cm³/mol. The molecule has 0 fully saturated rings. The monoisotopic (exact) mass is 549 g/mol. The number of aryl methyl sites for hydroxylation is 1. The van der Waals surface area contributed by atoms with E-state index < -0.39 is 12.4 Å². The molecule has 10 nitrogen and oxygen atoms in total. The highest BCUT2D eigenvalue weighted by Gasteiger charge is 2.29. The first-order chi connectivity index (χ1) is 18.4. The number of methoxy groups -OCH3 is 1. The lowest BCUT2D eigenvalue weighted by molar-refractivity contribution is -0.0717. The molecule has 0 aliphatic carbocycles. The molecule has 6 rings (SSSR count). The molecular formula is C26H20ClN5O5S. The van der Waals surface area contributed by atoms with Crippen LogP contribution in [-0.2, 0) is 4.74 Å². The molecule has 1 aliphatic heterocycles. The van der Waals surface area contributed by atoms with Gasteiger partial charge in [0.2, 0.25) is 0 Å². The van der Waals surface area contributed by atoms with Gasteiger partial charge in [-0.1, -0.05) is 11.6 Å². The molecule has 1 atom stereocenters. The molecule has 1 amide bonds. The van der Waals surface area contributed by atoms with Crippen LogP contribution < -0.4 is 19.1 Å². The van der Waals surface area contributed by atoms with Crippen molar-refractivity contribution in [1.29, 1.82) is 0 Å². The molecule has 38 heavy (non-hydrogen) atoms. The summed E-state index contributed by atoms with van der Waals surface area (Å²) < 4.78 is 23.6. The molecule has 0 spiro atoms. The summed E-state index contributed by atoms with van der Waals surface area (Å²) in [6.07, 6.45) is 3.21. The number of benzene rings is 2. The average molecular weight is 550 g/mol. The first kappa shape index (κ1) is 24.1. The quantitative estimate of drug-likeness (QED) is 0.281. The second-order valence-electron chi connectivity index (χ2n) is 8.45. The zero-order valence-electron chi connectivity index (χ0n) is 20.5. The van der Waals surface area contributed by atoms with Crippen molar-refractivity contribution < 1.29 is 23.7 Å². The topological polar surface area (TPSA) is 109 Å². The number of hydrogen-bond acceptors (Lipinski definition) is 10. The van der Waals surface area contributed by atoms with E-state index in [1.807, 2.05) is 24.3 Å². The highest BCUT2D eigenvalue weighted by atomic mass is 35.5. The Labute approximate surface area is 225 Å². The number of hydrogen-bond donors (Lipinski definition) is 0. The van der Waals surface area contributed by atoms with E-state index in [0.29, 0.717) is 33.8 Å². The van der Waals surface area contributed by atoms with E-state index in [1.165, 1.54) is 16.2 Å². The number of pyridine rings is 1. The van der Waals surface area contributed by atoms with Crippen LogP contribution in [0.4, 0.5) is 10.5 Å². The van der Waals surface area contributed by atoms with Crippen molar-refractivity contribution >= 4 is 55.8 Å². The number of thiazole rings is 1. The fraction of sp³-hybridized carbons (Fsp3) is 0.192. The number of rotatable bonds is 4. The van der Waals surface area contributed by atoms with Gasteiger partial charge in [0.15, 0.2) is 18.1 Å². The zero-order valence-corrected chi connectivity index (χ0v) is 22.0. The number of amides is 1. The van der Waals surface area contributed by atoms with Crippen LogP contribution in [0.3, 0.4) is 0 Å². The number of fused-ring (bicyclic) bond motifs is 4. The van der Waals surface area contributed by atoms with Crippen molar-refractivity contribution in [3.05, 3.63) is 59.8 Å². The van der Waals surface area contributed by atoms with Crippen LogP contribution in [0.15, 0.2) is 48.9 Å². The number of aromatic nitrogens is 4. The van der Waals surface area contributed by atoms with Gasteiger partial charge in [-0.25, -0.2) is 19.7 Å². The van der Waals surface area contributed by atoms with E-state index in [2.05, 4.69) is 15.0 Å². The molecule has 0 N–H and O–H groups in total. The lowest BCUT2D eigenvalue weighted by Crippen LogP contribution is -2.38. The number of halogens is 1. The van der Waals surface area contributed by atoms with Crippen LogP contribution in [0.2, 0.25) is 5.02 Å². The van der Waals surface area contributed by atoms with Crippen LogP contribution in [-0.4, -0.2) is 53.1 Å². The molecular weight excluding hydrogens is 530 g/mol. The van der Waals surface area contributed by atoms with Crippen LogP contribution in [0, 0.1) is 6.92 Å². The molecule has 3 aromatic heterocycles. The Bertz CT molecular complexity index is 1690. The molecule has 4 heterocycles. The highest BCUT2D eigenvalue weighted by molar-refractivity contribution is 7.22. The van der Waals surface area contributed by atoms with Crippen molar-refractivity contribution in [2.45, 2.75) is 13.2 Å². The van der Waals surface area contributed by atoms with E-state index in [0.717, 1.165) is 31.7 Å². The summed E-state index contributed by atoms with van der Waals surface area (Å²) in [6, 6.07) is 9.15. The summed E-state index contributed by atoms with van der Waals surface area (Å²) in [5.41, 5.74) is 2.80. The van der Waals surface area contributed by atoms with Crippen LogP contribution in [0.5, 0.6) is 17.2 Å². The molecule has 0 unspecified atom stereocenters. The molecule has 0 saturated heterocycles. The van der Waals surface area contributed by atoms with Gasteiger partial charge in [0, 0.05) is 23.0 Å². The summed E-state index contributed by atoms with van der Waals surface area (Å²) in [4.78, 5) is 31.5. The first-order valence-electron chi connectivity index (χ1n) is 11.5. The van der Waals surface area contributed by atoms with Crippen molar-refractivity contribution in [3.8, 4) is 27.8 Å². The van der Waals surface area contributed by atoms with Crippen LogP contribution >= 0.6 is 22.9 Å². The Morgan fingerprint density at radius 2 is 1.97 bits per heavy atom. The SMILES string of the molecule is COc1cnc2c(-c3nc4ccc5c(c4s3)OC[C@@H](OC(=O)N(C)c3cnc(C)nc3)O5)cc(Cl)cc2c1. The Morgan fingerprint density at radius 1 is 1.16 bits per heavy atom. The third-order valence-electron chi connectivity index (χ3n) is 5.95. The maximum atomic E-state index is 12.6. The molecule has 0 saturated carbocycles. The molecule has 0 radical (unpaired) electrons. The number of nitrogens with zero attached hydrogens (tertiary/aromatic N) is 5. The van der Waals surface area contributed by atoms with E-state index >= 15 is 0 Å². The second-order valence-corrected chi connectivity index (χ2v) is 9.89. The number of carbonyl (C=O) groups is 1. The molecule has 12 heteroatoms. The van der Waals surface area contributed by atoms with Crippen LogP contribution in [0.1, 0.15) is 5.82 Å². The molecule has 192 valence electrons. The second kappa shape index (κ2) is 9.58. The first-order valence-corrected chi connectivity index (χ1v) is 12.7. The Kier molecular flexibility index (Phi) is 6.09. The van der Waals surface area contributed by atoms with E-state index in [1.54, 1.807) is 45.7 Å². The lowest BCUT2D eigenvalue weighted by atomic mass is 10.1. The van der Waals surface area contributed by atoms with Crippen molar-refractivity contribution in [2.75, 3.05) is 25.7 Å². The minimum absolute atomic E-state index is 0.0186. The third kappa shape index (κ3) is 4.39. The predicted octanol–water partition coefficient (Wildman–Crippen LogP) is 5.64. The molecule has 2 aromatic carbocycles. The van der Waals surface area contributed by atoms with E-state index in [9.17, 15) is 4.79 Å². The number of carbonyl (C=O) groups excluding carboxylic acids is 1. The minimum atomic E-state index is -0.926. The van der Waals surface area contributed by atoms with Gasteiger partial charge in [0.1, 0.15) is 21.3 Å². The van der Waals surface area contributed by atoms with Crippen molar-refractivity contribution in [1.82, 2.24) is 19.9 Å². The summed E-state index contributed by atoms with van der Waals surface area (Å²) >= 11 is 7.86. The van der Waals surface area contributed by atoms with Gasteiger partial charge >= 0.3 is 6.09 Å². The van der Waals surface area contributed by atoms with Gasteiger partial charge in [0.05, 0.1) is 42.4 Å². The molecule has 5 aromatic rings. The Balaban J connectivity index is 1.27. The normalized spacial score (nSPS) is 14.5. The van der Waals surface area contributed by atoms with Crippen molar-refractivity contribution in [3.63, 3.8) is 0 Å². The van der Waals surface area contributed by atoms with Gasteiger partial charge < -0.3 is 18.9 Å². The number of anilines is 1. The Morgan fingerprint density at radius 3 is 2.76 bits per heavy atom. The summed E-state index contributed by atoms with van der Waals surface area (Å²) in [7, 11) is 3.16. The molecule has 1 aliphatic rings. The fourth-order valence-corrected chi connectivity index (χ4v) is 5.30. The number of ether oxygens (including phenoxy) is 4. The summed E-state index contributed by atoms with van der Waals surface area (Å²) in [5, 5.41) is 2.15. The van der Waals surface area contributed by atoms with Crippen molar-refractivity contribution in [2.24, 2.45) is 0 Å². The average Bonchev–Trinajstić information content (AvgIpc) is 3.37. The lowest BCUT2D eigenvalue weighted by Gasteiger charge is -2.27. The largest absolute Gasteiger partial charge is 0.495 e.